The molecule has 2 rings (SSSR count). The van der Waals surface area contributed by atoms with Crippen molar-refractivity contribution in [3.63, 3.8) is 0 Å². The van der Waals surface area contributed by atoms with Gasteiger partial charge in [-0.2, -0.15) is 0 Å². The van der Waals surface area contributed by atoms with E-state index in [1.165, 1.54) is 12.1 Å². The summed E-state index contributed by atoms with van der Waals surface area (Å²) in [4.78, 5) is 10.2. The van der Waals surface area contributed by atoms with Crippen LogP contribution < -0.4 is 9.46 Å². The Morgan fingerprint density at radius 3 is 2.40 bits per heavy atom. The molecule has 8 heteroatoms. The Morgan fingerprint density at radius 2 is 1.84 bits per heavy atom. The summed E-state index contributed by atoms with van der Waals surface area (Å²) in [6, 6.07) is 10.4. The number of nitrogens with one attached hydrogen (secondary N) is 1. The number of aryl methyl sites for hydroxylation is 1. The molecule has 0 aromatic heterocycles. The van der Waals surface area contributed by atoms with Gasteiger partial charge in [0.15, 0.2) is 0 Å². The molecule has 0 spiro atoms. The highest BCUT2D eigenvalue weighted by Crippen LogP contribution is 2.24. The summed E-state index contributed by atoms with van der Waals surface area (Å²) in [6.07, 6.45) is 0. The van der Waals surface area contributed by atoms with E-state index in [0.717, 1.165) is 11.6 Å². The van der Waals surface area contributed by atoms with Crippen LogP contribution in [-0.4, -0.2) is 19.9 Å². The SMILES string of the molecule is CCOc1ccc(C(C)NS(=O)(=O)c2cc([N+](=O)[O-])ccc2C)cc1. The predicted molar refractivity (Wildman–Crippen MR) is 94.2 cm³/mol. The number of sulfonamides is 1. The maximum atomic E-state index is 12.6. The number of non-ortho nitro benzene ring substituents is 1. The third-order valence-electron chi connectivity index (χ3n) is 3.70. The lowest BCUT2D eigenvalue weighted by atomic mass is 10.1. The summed E-state index contributed by atoms with van der Waals surface area (Å²) in [5.74, 6) is 0.704. The number of rotatable bonds is 7. The van der Waals surface area contributed by atoms with Crippen molar-refractivity contribution in [2.75, 3.05) is 6.61 Å². The van der Waals surface area contributed by atoms with E-state index in [1.807, 2.05) is 6.92 Å². The predicted octanol–water partition coefficient (Wildman–Crippen LogP) is 3.34. The largest absolute Gasteiger partial charge is 0.494 e. The molecule has 0 aliphatic carbocycles. The van der Waals surface area contributed by atoms with Crippen molar-refractivity contribution in [1.29, 1.82) is 0 Å². The average molecular weight is 364 g/mol. The number of hydrogen-bond acceptors (Lipinski definition) is 5. The van der Waals surface area contributed by atoms with Crippen LogP contribution >= 0.6 is 0 Å². The summed E-state index contributed by atoms with van der Waals surface area (Å²) in [6.45, 7) is 5.74. The monoisotopic (exact) mass is 364 g/mol. The van der Waals surface area contributed by atoms with Gasteiger partial charge in [-0.1, -0.05) is 18.2 Å². The van der Waals surface area contributed by atoms with Crippen molar-refractivity contribution >= 4 is 15.7 Å². The van der Waals surface area contributed by atoms with Gasteiger partial charge in [0.05, 0.1) is 16.4 Å². The second-order valence-corrected chi connectivity index (χ2v) is 7.23. The molecule has 1 atom stereocenters. The van der Waals surface area contributed by atoms with Crippen LogP contribution in [-0.2, 0) is 10.0 Å². The van der Waals surface area contributed by atoms with E-state index in [9.17, 15) is 18.5 Å². The first-order chi connectivity index (χ1) is 11.7. The first-order valence-corrected chi connectivity index (χ1v) is 9.23. The van der Waals surface area contributed by atoms with Crippen LogP contribution in [0.1, 0.15) is 31.0 Å². The van der Waals surface area contributed by atoms with Gasteiger partial charge in [-0.3, -0.25) is 10.1 Å². The van der Waals surface area contributed by atoms with E-state index in [1.54, 1.807) is 38.1 Å². The fourth-order valence-electron chi connectivity index (χ4n) is 2.38. The summed E-state index contributed by atoms with van der Waals surface area (Å²) in [7, 11) is -3.90. The van der Waals surface area contributed by atoms with Crippen LogP contribution in [0.3, 0.4) is 0 Å². The summed E-state index contributed by atoms with van der Waals surface area (Å²) in [5, 5.41) is 10.9. The Morgan fingerprint density at radius 1 is 1.20 bits per heavy atom. The van der Waals surface area contributed by atoms with Crippen molar-refractivity contribution in [2.45, 2.75) is 31.7 Å². The summed E-state index contributed by atoms with van der Waals surface area (Å²) in [5.41, 5.74) is 0.937. The van der Waals surface area contributed by atoms with Gasteiger partial charge in [-0.25, -0.2) is 13.1 Å². The second-order valence-electron chi connectivity index (χ2n) is 5.55. The van der Waals surface area contributed by atoms with Crippen molar-refractivity contribution in [1.82, 2.24) is 4.72 Å². The number of nitro groups is 1. The third-order valence-corrected chi connectivity index (χ3v) is 5.38. The van der Waals surface area contributed by atoms with Crippen molar-refractivity contribution in [3.05, 3.63) is 63.7 Å². The maximum absolute atomic E-state index is 12.6. The van der Waals surface area contributed by atoms with E-state index < -0.39 is 21.0 Å². The highest BCUT2D eigenvalue weighted by atomic mass is 32.2. The Bertz CT molecular complexity index is 863. The number of nitro benzene ring substituents is 1. The Labute approximate surface area is 146 Å². The van der Waals surface area contributed by atoms with Crippen LogP contribution in [0.25, 0.3) is 0 Å². The molecule has 0 bridgehead atoms. The normalized spacial score (nSPS) is 12.6. The first-order valence-electron chi connectivity index (χ1n) is 7.74. The molecule has 2 aromatic rings. The minimum Gasteiger partial charge on any atom is -0.494 e. The van der Waals surface area contributed by atoms with Gasteiger partial charge >= 0.3 is 0 Å². The van der Waals surface area contributed by atoms with Crippen LogP contribution in [0.5, 0.6) is 5.75 Å². The van der Waals surface area contributed by atoms with Crippen LogP contribution in [0.4, 0.5) is 5.69 Å². The zero-order valence-corrected chi connectivity index (χ0v) is 15.0. The molecule has 1 unspecified atom stereocenters. The Kier molecular flexibility index (Phi) is 5.76. The molecule has 0 heterocycles. The van der Waals surface area contributed by atoms with E-state index in [2.05, 4.69) is 4.72 Å². The average Bonchev–Trinajstić information content (AvgIpc) is 2.55. The number of ether oxygens (including phenoxy) is 1. The minimum atomic E-state index is -3.90. The fourth-order valence-corrected chi connectivity index (χ4v) is 3.87. The van der Waals surface area contributed by atoms with Crippen molar-refractivity contribution in [2.24, 2.45) is 0 Å². The molecule has 0 fully saturated rings. The smallest absolute Gasteiger partial charge is 0.270 e. The molecular weight excluding hydrogens is 344 g/mol. The molecule has 0 radical (unpaired) electrons. The third kappa shape index (κ3) is 4.55. The van der Waals surface area contributed by atoms with Gasteiger partial charge < -0.3 is 4.74 Å². The van der Waals surface area contributed by atoms with Crippen LogP contribution in [0, 0.1) is 17.0 Å². The molecule has 0 saturated carbocycles. The number of nitrogens with zero attached hydrogens (tertiary/aromatic N) is 1. The lowest BCUT2D eigenvalue weighted by Crippen LogP contribution is -2.27. The van der Waals surface area contributed by atoms with E-state index in [4.69, 9.17) is 4.74 Å². The molecule has 0 aliphatic heterocycles. The lowest BCUT2D eigenvalue weighted by Gasteiger charge is -2.16. The molecule has 2 aromatic carbocycles. The molecule has 1 N–H and O–H groups in total. The standard InChI is InChI=1S/C17H20N2O5S/c1-4-24-16-9-6-14(7-10-16)13(3)18-25(22,23)17-11-15(19(20)21)8-5-12(17)2/h5-11,13,18H,4H2,1-3H3. The van der Waals surface area contributed by atoms with Crippen LogP contribution in [0.15, 0.2) is 47.4 Å². The van der Waals surface area contributed by atoms with Crippen LogP contribution in [0.2, 0.25) is 0 Å². The van der Waals surface area contributed by atoms with Gasteiger partial charge in [0.25, 0.3) is 5.69 Å². The van der Waals surface area contributed by atoms with Gasteiger partial charge in [0, 0.05) is 18.2 Å². The van der Waals surface area contributed by atoms with Gasteiger partial charge in [0.1, 0.15) is 5.75 Å². The zero-order chi connectivity index (χ0) is 18.6. The summed E-state index contributed by atoms with van der Waals surface area (Å²) < 4.78 is 33.2. The molecule has 0 amide bonds. The van der Waals surface area contributed by atoms with Crippen molar-refractivity contribution < 1.29 is 18.1 Å². The lowest BCUT2D eigenvalue weighted by molar-refractivity contribution is -0.385. The molecule has 7 nitrogen and oxygen atoms in total. The highest BCUT2D eigenvalue weighted by Gasteiger charge is 2.23. The quantitative estimate of drug-likeness (QED) is 0.600. The Balaban J connectivity index is 2.25. The maximum Gasteiger partial charge on any atom is 0.270 e. The van der Waals surface area contributed by atoms with Gasteiger partial charge in [-0.05, 0) is 44.0 Å². The fraction of sp³-hybridized carbons (Fsp3) is 0.294. The molecule has 25 heavy (non-hydrogen) atoms. The number of benzene rings is 2. The van der Waals surface area contributed by atoms with Gasteiger partial charge in [-0.15, -0.1) is 0 Å². The molecular formula is C17H20N2O5S. The van der Waals surface area contributed by atoms with E-state index in [-0.39, 0.29) is 10.6 Å². The van der Waals surface area contributed by atoms with Gasteiger partial charge in [0.2, 0.25) is 10.0 Å². The topological polar surface area (TPSA) is 98.5 Å². The number of hydrogen-bond donors (Lipinski definition) is 1. The Hall–Kier alpha value is -2.45. The van der Waals surface area contributed by atoms with E-state index in [0.29, 0.717) is 17.9 Å². The molecule has 134 valence electrons. The molecule has 0 aliphatic rings. The second kappa shape index (κ2) is 7.62. The zero-order valence-electron chi connectivity index (χ0n) is 14.2. The highest BCUT2D eigenvalue weighted by molar-refractivity contribution is 7.89. The van der Waals surface area contributed by atoms with E-state index >= 15 is 0 Å². The minimum absolute atomic E-state index is 0.0977. The van der Waals surface area contributed by atoms with Crippen molar-refractivity contribution in [3.8, 4) is 5.75 Å². The first kappa shape index (κ1) is 18.9. The summed E-state index contributed by atoms with van der Waals surface area (Å²) >= 11 is 0. The molecule has 0 saturated heterocycles.